The Labute approximate surface area is 119 Å². The van der Waals surface area contributed by atoms with Gasteiger partial charge in [0.15, 0.2) is 0 Å². The second-order valence-corrected chi connectivity index (χ2v) is 5.22. The standard InChI is InChI=1S/C13H10BrCl2N/c14-13-11(16)5-2-6-12(13)17-8-9-3-1-4-10(15)7-9/h1-7,17H,8H2. The fourth-order valence-corrected chi connectivity index (χ4v) is 2.28. The lowest BCUT2D eigenvalue weighted by Gasteiger charge is -2.09. The zero-order chi connectivity index (χ0) is 12.3. The van der Waals surface area contributed by atoms with Crippen LogP contribution in [0.2, 0.25) is 10.0 Å². The van der Waals surface area contributed by atoms with Crippen molar-refractivity contribution in [3.8, 4) is 0 Å². The molecule has 0 unspecified atom stereocenters. The van der Waals surface area contributed by atoms with E-state index in [1.165, 1.54) is 0 Å². The average Bonchev–Trinajstić information content (AvgIpc) is 2.31. The second kappa shape index (κ2) is 5.76. The normalized spacial score (nSPS) is 10.3. The molecule has 0 atom stereocenters. The molecule has 0 amide bonds. The van der Waals surface area contributed by atoms with E-state index in [4.69, 9.17) is 23.2 Å². The molecule has 0 aliphatic rings. The molecule has 4 heteroatoms. The number of hydrogen-bond donors (Lipinski definition) is 1. The van der Waals surface area contributed by atoms with E-state index in [2.05, 4.69) is 21.2 Å². The Balaban J connectivity index is 2.10. The lowest BCUT2D eigenvalue weighted by atomic mass is 10.2. The Morgan fingerprint density at radius 2 is 1.82 bits per heavy atom. The zero-order valence-corrected chi connectivity index (χ0v) is 12.0. The maximum atomic E-state index is 6.01. The van der Waals surface area contributed by atoms with Crippen molar-refractivity contribution in [1.29, 1.82) is 0 Å². The van der Waals surface area contributed by atoms with Crippen molar-refractivity contribution in [2.75, 3.05) is 5.32 Å². The summed E-state index contributed by atoms with van der Waals surface area (Å²) < 4.78 is 0.878. The Morgan fingerprint density at radius 1 is 1.06 bits per heavy atom. The highest BCUT2D eigenvalue weighted by molar-refractivity contribution is 9.10. The Hall–Kier alpha value is -0.700. The molecule has 0 fully saturated rings. The number of hydrogen-bond acceptors (Lipinski definition) is 1. The molecular formula is C13H10BrCl2N. The highest BCUT2D eigenvalue weighted by atomic mass is 79.9. The molecule has 88 valence electrons. The van der Waals surface area contributed by atoms with Gasteiger partial charge in [0.1, 0.15) is 0 Å². The summed E-state index contributed by atoms with van der Waals surface area (Å²) in [5.41, 5.74) is 2.10. The fraction of sp³-hybridized carbons (Fsp3) is 0.0769. The summed E-state index contributed by atoms with van der Waals surface area (Å²) in [4.78, 5) is 0. The number of nitrogens with one attached hydrogen (secondary N) is 1. The van der Waals surface area contributed by atoms with Gasteiger partial charge in [0.05, 0.1) is 15.2 Å². The summed E-state index contributed by atoms with van der Waals surface area (Å²) in [6.45, 7) is 0.708. The monoisotopic (exact) mass is 329 g/mol. The van der Waals surface area contributed by atoms with Crippen LogP contribution in [0.1, 0.15) is 5.56 Å². The summed E-state index contributed by atoms with van der Waals surface area (Å²) in [5, 5.41) is 4.75. The largest absolute Gasteiger partial charge is 0.380 e. The van der Waals surface area contributed by atoms with Crippen LogP contribution in [0.3, 0.4) is 0 Å². The minimum atomic E-state index is 0.695. The van der Waals surface area contributed by atoms with Crippen molar-refractivity contribution in [1.82, 2.24) is 0 Å². The summed E-state index contributed by atoms with van der Waals surface area (Å²) in [7, 11) is 0. The number of anilines is 1. The molecule has 0 heterocycles. The summed E-state index contributed by atoms with van der Waals surface area (Å²) >= 11 is 15.4. The first-order valence-electron chi connectivity index (χ1n) is 5.09. The van der Waals surface area contributed by atoms with Crippen LogP contribution in [0.5, 0.6) is 0 Å². The van der Waals surface area contributed by atoms with E-state index in [1.807, 2.05) is 42.5 Å². The van der Waals surface area contributed by atoms with Gasteiger partial charge in [-0.3, -0.25) is 0 Å². The first-order valence-corrected chi connectivity index (χ1v) is 6.64. The van der Waals surface area contributed by atoms with Crippen LogP contribution in [0.4, 0.5) is 5.69 Å². The molecule has 0 saturated heterocycles. The quantitative estimate of drug-likeness (QED) is 0.797. The third-order valence-corrected chi connectivity index (χ3v) is 3.96. The number of halogens is 3. The van der Waals surface area contributed by atoms with Gasteiger partial charge in [-0.15, -0.1) is 0 Å². The highest BCUT2D eigenvalue weighted by Gasteiger charge is 2.03. The average molecular weight is 331 g/mol. The van der Waals surface area contributed by atoms with E-state index < -0.39 is 0 Å². The van der Waals surface area contributed by atoms with Crippen LogP contribution in [-0.2, 0) is 6.54 Å². The summed E-state index contributed by atoms with van der Waals surface area (Å²) in [5.74, 6) is 0. The van der Waals surface area contributed by atoms with Crippen molar-refractivity contribution in [3.63, 3.8) is 0 Å². The first kappa shape index (κ1) is 12.7. The van der Waals surface area contributed by atoms with Crippen LogP contribution in [0, 0.1) is 0 Å². The smallest absolute Gasteiger partial charge is 0.0593 e. The van der Waals surface area contributed by atoms with E-state index in [1.54, 1.807) is 0 Å². The van der Waals surface area contributed by atoms with Crippen LogP contribution in [0.25, 0.3) is 0 Å². The van der Waals surface area contributed by atoms with E-state index >= 15 is 0 Å². The van der Waals surface area contributed by atoms with Gasteiger partial charge in [-0.2, -0.15) is 0 Å². The molecule has 0 aromatic heterocycles. The van der Waals surface area contributed by atoms with E-state index in [-0.39, 0.29) is 0 Å². The predicted octanol–water partition coefficient (Wildman–Crippen LogP) is 5.37. The van der Waals surface area contributed by atoms with Gasteiger partial charge in [0, 0.05) is 11.6 Å². The molecule has 0 aliphatic carbocycles. The molecule has 0 bridgehead atoms. The Bertz CT molecular complexity index is 529. The molecule has 2 rings (SSSR count). The second-order valence-electron chi connectivity index (χ2n) is 3.58. The molecular weight excluding hydrogens is 321 g/mol. The number of benzene rings is 2. The first-order chi connectivity index (χ1) is 8.16. The molecule has 0 radical (unpaired) electrons. The SMILES string of the molecule is Clc1cccc(CNc2cccc(Cl)c2Br)c1. The van der Waals surface area contributed by atoms with Crippen molar-refractivity contribution in [2.24, 2.45) is 0 Å². The Kier molecular flexibility index (Phi) is 4.32. The van der Waals surface area contributed by atoms with Gasteiger partial charge < -0.3 is 5.32 Å². The van der Waals surface area contributed by atoms with Gasteiger partial charge in [0.2, 0.25) is 0 Å². The van der Waals surface area contributed by atoms with Crippen LogP contribution >= 0.6 is 39.1 Å². The third-order valence-electron chi connectivity index (χ3n) is 2.32. The van der Waals surface area contributed by atoms with Gasteiger partial charge in [0.25, 0.3) is 0 Å². The third kappa shape index (κ3) is 3.38. The van der Waals surface area contributed by atoms with E-state index in [9.17, 15) is 0 Å². The minimum absolute atomic E-state index is 0.695. The molecule has 0 aliphatic heterocycles. The van der Waals surface area contributed by atoms with Crippen molar-refractivity contribution in [2.45, 2.75) is 6.54 Å². The molecule has 2 aromatic rings. The number of rotatable bonds is 3. The van der Waals surface area contributed by atoms with E-state index in [0.717, 1.165) is 20.7 Å². The highest BCUT2D eigenvalue weighted by Crippen LogP contribution is 2.30. The molecule has 1 N–H and O–H groups in total. The van der Waals surface area contributed by atoms with Crippen LogP contribution in [0.15, 0.2) is 46.9 Å². The molecule has 0 saturated carbocycles. The summed E-state index contributed by atoms with van der Waals surface area (Å²) in [6.07, 6.45) is 0. The molecule has 0 spiro atoms. The molecule has 17 heavy (non-hydrogen) atoms. The topological polar surface area (TPSA) is 12.0 Å². The van der Waals surface area contributed by atoms with Crippen LogP contribution in [-0.4, -0.2) is 0 Å². The maximum Gasteiger partial charge on any atom is 0.0593 e. The predicted molar refractivity (Wildman–Crippen MR) is 77.9 cm³/mol. The molecule has 1 nitrogen and oxygen atoms in total. The van der Waals surface area contributed by atoms with Crippen molar-refractivity contribution >= 4 is 44.8 Å². The minimum Gasteiger partial charge on any atom is -0.380 e. The molecule has 2 aromatic carbocycles. The van der Waals surface area contributed by atoms with Gasteiger partial charge in [-0.05, 0) is 45.8 Å². The van der Waals surface area contributed by atoms with Gasteiger partial charge in [-0.1, -0.05) is 41.4 Å². The fourth-order valence-electron chi connectivity index (χ4n) is 1.48. The maximum absolute atomic E-state index is 6.01. The Morgan fingerprint density at radius 3 is 2.59 bits per heavy atom. The zero-order valence-electron chi connectivity index (χ0n) is 8.88. The van der Waals surface area contributed by atoms with Crippen molar-refractivity contribution < 1.29 is 0 Å². The van der Waals surface area contributed by atoms with Gasteiger partial charge in [-0.25, -0.2) is 0 Å². The summed E-state index contributed by atoms with van der Waals surface area (Å²) in [6, 6.07) is 13.5. The lowest BCUT2D eigenvalue weighted by molar-refractivity contribution is 1.15. The van der Waals surface area contributed by atoms with Gasteiger partial charge >= 0.3 is 0 Å². The lowest BCUT2D eigenvalue weighted by Crippen LogP contribution is -1.99. The van der Waals surface area contributed by atoms with Crippen LogP contribution < -0.4 is 5.32 Å². The van der Waals surface area contributed by atoms with E-state index in [0.29, 0.717) is 11.6 Å². The van der Waals surface area contributed by atoms with Crippen molar-refractivity contribution in [3.05, 3.63) is 62.5 Å².